The molecule has 0 fully saturated rings. The summed E-state index contributed by atoms with van der Waals surface area (Å²) in [6.07, 6.45) is 3.13. The molecule has 0 radical (unpaired) electrons. The van der Waals surface area contributed by atoms with E-state index in [0.717, 1.165) is 11.3 Å². The summed E-state index contributed by atoms with van der Waals surface area (Å²) in [7, 11) is 1.57. The molecule has 2 amide bonds. The Morgan fingerprint density at radius 2 is 2.29 bits per heavy atom. The van der Waals surface area contributed by atoms with Crippen molar-refractivity contribution in [2.45, 2.75) is 19.5 Å². The van der Waals surface area contributed by atoms with Gasteiger partial charge in [-0.05, 0) is 19.1 Å². The Labute approximate surface area is 139 Å². The fraction of sp³-hybridized carbons (Fsp3) is 0.438. The highest BCUT2D eigenvalue weighted by molar-refractivity contribution is 5.93. The second-order valence-electron chi connectivity index (χ2n) is 5.69. The number of rotatable bonds is 5. The van der Waals surface area contributed by atoms with Crippen LogP contribution in [0.5, 0.6) is 0 Å². The summed E-state index contributed by atoms with van der Waals surface area (Å²) in [4.78, 5) is 26.8. The fourth-order valence-corrected chi connectivity index (χ4v) is 2.77. The van der Waals surface area contributed by atoms with Gasteiger partial charge in [0.1, 0.15) is 6.04 Å². The number of nitrogens with one attached hydrogen (secondary N) is 1. The number of fused-ring (bicyclic) bond motifs is 1. The Balaban J connectivity index is 1.79. The lowest BCUT2D eigenvalue weighted by Gasteiger charge is -2.32. The topological polar surface area (TPSA) is 89.6 Å². The average Bonchev–Trinajstić information content (AvgIpc) is 3.21. The van der Waals surface area contributed by atoms with Crippen molar-refractivity contribution in [2.75, 3.05) is 26.8 Å². The van der Waals surface area contributed by atoms with E-state index in [1.54, 1.807) is 29.0 Å². The largest absolute Gasteiger partial charge is 0.459 e. The number of carbonyl (C=O) groups excluding carboxylic acids is 2. The van der Waals surface area contributed by atoms with E-state index in [2.05, 4.69) is 10.4 Å². The summed E-state index contributed by atoms with van der Waals surface area (Å²) in [5.41, 5.74) is 1.59. The maximum Gasteiger partial charge on any atom is 0.290 e. The third-order valence-electron chi connectivity index (χ3n) is 4.05. The third kappa shape index (κ3) is 3.05. The second-order valence-corrected chi connectivity index (χ2v) is 5.69. The minimum atomic E-state index is -0.570. The van der Waals surface area contributed by atoms with Crippen LogP contribution in [0, 0.1) is 6.92 Å². The molecule has 0 bridgehead atoms. The minimum Gasteiger partial charge on any atom is -0.459 e. The van der Waals surface area contributed by atoms with E-state index in [1.165, 1.54) is 6.26 Å². The number of aryl methyl sites for hydroxylation is 1. The molecule has 8 nitrogen and oxygen atoms in total. The van der Waals surface area contributed by atoms with Gasteiger partial charge < -0.3 is 19.4 Å². The predicted molar refractivity (Wildman–Crippen MR) is 84.3 cm³/mol. The van der Waals surface area contributed by atoms with Crippen LogP contribution >= 0.6 is 0 Å². The van der Waals surface area contributed by atoms with Crippen LogP contribution in [0.25, 0.3) is 0 Å². The van der Waals surface area contributed by atoms with Crippen molar-refractivity contribution >= 4 is 11.8 Å². The molecule has 8 heteroatoms. The highest BCUT2D eigenvalue weighted by atomic mass is 16.5. The zero-order valence-electron chi connectivity index (χ0n) is 13.7. The maximum atomic E-state index is 12.7. The van der Waals surface area contributed by atoms with Crippen LogP contribution in [0.1, 0.15) is 27.9 Å². The monoisotopic (exact) mass is 332 g/mol. The first-order valence-corrected chi connectivity index (χ1v) is 7.74. The number of nitrogens with zero attached hydrogens (tertiary/aromatic N) is 3. The van der Waals surface area contributed by atoms with Gasteiger partial charge in [0, 0.05) is 25.4 Å². The Kier molecular flexibility index (Phi) is 4.66. The molecular formula is C16H20N4O4. The van der Waals surface area contributed by atoms with E-state index in [-0.39, 0.29) is 18.4 Å². The number of ether oxygens (including phenoxy) is 1. The Morgan fingerprint density at radius 3 is 3.00 bits per heavy atom. The molecule has 1 unspecified atom stereocenters. The first-order chi connectivity index (χ1) is 11.6. The molecule has 0 spiro atoms. The molecule has 1 aliphatic rings. The summed E-state index contributed by atoms with van der Waals surface area (Å²) >= 11 is 0. The number of hydrogen-bond donors (Lipinski definition) is 1. The highest BCUT2D eigenvalue weighted by Crippen LogP contribution is 2.23. The molecular weight excluding hydrogens is 312 g/mol. The van der Waals surface area contributed by atoms with E-state index in [1.807, 2.05) is 13.0 Å². The van der Waals surface area contributed by atoms with Crippen molar-refractivity contribution < 1.29 is 18.7 Å². The number of carbonyl (C=O) groups is 2. The fourth-order valence-electron chi connectivity index (χ4n) is 2.77. The molecule has 0 aromatic carbocycles. The molecule has 128 valence electrons. The van der Waals surface area contributed by atoms with Gasteiger partial charge in [-0.2, -0.15) is 5.10 Å². The van der Waals surface area contributed by atoms with E-state index < -0.39 is 6.04 Å². The number of amides is 2. The summed E-state index contributed by atoms with van der Waals surface area (Å²) in [5.74, 6) is -0.105. The Hall–Kier alpha value is -2.61. The van der Waals surface area contributed by atoms with E-state index in [0.29, 0.717) is 25.5 Å². The van der Waals surface area contributed by atoms with Crippen LogP contribution < -0.4 is 5.32 Å². The van der Waals surface area contributed by atoms with Gasteiger partial charge in [-0.1, -0.05) is 0 Å². The van der Waals surface area contributed by atoms with Gasteiger partial charge in [0.2, 0.25) is 5.91 Å². The molecule has 0 saturated carbocycles. The number of furan rings is 1. The van der Waals surface area contributed by atoms with E-state index >= 15 is 0 Å². The smallest absolute Gasteiger partial charge is 0.290 e. The second kappa shape index (κ2) is 6.88. The molecule has 1 aliphatic heterocycles. The summed E-state index contributed by atoms with van der Waals surface area (Å²) in [5, 5.41) is 7.03. The van der Waals surface area contributed by atoms with Gasteiger partial charge in [-0.3, -0.25) is 14.3 Å². The van der Waals surface area contributed by atoms with Crippen molar-refractivity contribution in [1.29, 1.82) is 0 Å². The van der Waals surface area contributed by atoms with Gasteiger partial charge in [0.15, 0.2) is 5.76 Å². The standard InChI is InChI=1S/C16H20N4O4/c1-11-4-7-24-14(11)16(22)19-9-12-3-5-18-20(12)13(10-19)15(21)17-6-8-23-2/h3-5,7,13H,6,8-10H2,1-2H3,(H,17,21). The molecule has 3 rings (SSSR count). The van der Waals surface area contributed by atoms with Crippen LogP contribution in [0.2, 0.25) is 0 Å². The van der Waals surface area contributed by atoms with Crippen molar-refractivity contribution in [3.63, 3.8) is 0 Å². The molecule has 0 saturated heterocycles. The van der Waals surface area contributed by atoms with Crippen LogP contribution in [-0.4, -0.2) is 53.3 Å². The van der Waals surface area contributed by atoms with E-state index in [9.17, 15) is 9.59 Å². The molecule has 3 heterocycles. The highest BCUT2D eigenvalue weighted by Gasteiger charge is 2.34. The van der Waals surface area contributed by atoms with Gasteiger partial charge in [0.05, 0.1) is 31.7 Å². The van der Waals surface area contributed by atoms with Crippen molar-refractivity contribution in [2.24, 2.45) is 0 Å². The first-order valence-electron chi connectivity index (χ1n) is 7.74. The van der Waals surface area contributed by atoms with Crippen LogP contribution in [0.15, 0.2) is 29.0 Å². The molecule has 1 atom stereocenters. The summed E-state index contributed by atoms with van der Waals surface area (Å²) < 4.78 is 11.9. The number of aromatic nitrogens is 2. The molecule has 24 heavy (non-hydrogen) atoms. The zero-order valence-corrected chi connectivity index (χ0v) is 13.7. The molecule has 2 aromatic heterocycles. The minimum absolute atomic E-state index is 0.189. The Bertz CT molecular complexity index is 736. The quantitative estimate of drug-likeness (QED) is 0.816. The van der Waals surface area contributed by atoms with Gasteiger partial charge >= 0.3 is 0 Å². The zero-order chi connectivity index (χ0) is 17.1. The van der Waals surface area contributed by atoms with Gasteiger partial charge in [-0.15, -0.1) is 0 Å². The predicted octanol–water partition coefficient (Wildman–Crippen LogP) is 0.744. The summed E-state index contributed by atoms with van der Waals surface area (Å²) in [6.45, 7) is 3.29. The molecule has 1 N–H and O–H groups in total. The normalized spacial score (nSPS) is 16.8. The first kappa shape index (κ1) is 16.3. The molecule has 2 aromatic rings. The number of methoxy groups -OCH3 is 1. The van der Waals surface area contributed by atoms with Crippen LogP contribution in [-0.2, 0) is 16.1 Å². The average molecular weight is 332 g/mol. The maximum absolute atomic E-state index is 12.7. The third-order valence-corrected chi connectivity index (χ3v) is 4.05. The summed E-state index contributed by atoms with van der Waals surface area (Å²) in [6, 6.07) is 2.99. The van der Waals surface area contributed by atoms with Crippen molar-refractivity contribution in [3.8, 4) is 0 Å². The van der Waals surface area contributed by atoms with Crippen molar-refractivity contribution in [3.05, 3.63) is 41.6 Å². The van der Waals surface area contributed by atoms with Gasteiger partial charge in [0.25, 0.3) is 5.91 Å². The van der Waals surface area contributed by atoms with Crippen molar-refractivity contribution in [1.82, 2.24) is 20.0 Å². The van der Waals surface area contributed by atoms with Gasteiger partial charge in [-0.25, -0.2) is 0 Å². The lowest BCUT2D eigenvalue weighted by atomic mass is 10.1. The Morgan fingerprint density at radius 1 is 1.46 bits per heavy atom. The SMILES string of the molecule is COCCNC(=O)C1CN(C(=O)c2occc2C)Cc2ccnn21. The van der Waals surface area contributed by atoms with Crippen LogP contribution in [0.4, 0.5) is 0 Å². The van der Waals surface area contributed by atoms with Crippen LogP contribution in [0.3, 0.4) is 0 Å². The molecule has 0 aliphatic carbocycles. The lowest BCUT2D eigenvalue weighted by molar-refractivity contribution is -0.125. The lowest BCUT2D eigenvalue weighted by Crippen LogP contribution is -2.47. The number of hydrogen-bond acceptors (Lipinski definition) is 5. The van der Waals surface area contributed by atoms with E-state index in [4.69, 9.17) is 9.15 Å².